The van der Waals surface area contributed by atoms with Gasteiger partial charge in [0.2, 0.25) is 0 Å². The lowest BCUT2D eigenvalue weighted by Gasteiger charge is -2.08. The summed E-state index contributed by atoms with van der Waals surface area (Å²) in [5, 5.41) is 2.99. The van der Waals surface area contributed by atoms with Crippen LogP contribution >= 0.6 is 27.5 Å². The topological polar surface area (TPSA) is 51.2 Å². The minimum absolute atomic E-state index is 0.179. The molecule has 0 radical (unpaired) electrons. The summed E-state index contributed by atoms with van der Waals surface area (Å²) in [6, 6.07) is 9.22. The van der Waals surface area contributed by atoms with Crippen molar-refractivity contribution in [2.45, 2.75) is 13.5 Å². The van der Waals surface area contributed by atoms with Crippen LogP contribution in [0.2, 0.25) is 5.15 Å². The maximum atomic E-state index is 12.1. The first-order valence-electron chi connectivity index (χ1n) is 6.41. The van der Waals surface area contributed by atoms with E-state index in [0.29, 0.717) is 23.2 Å². The van der Waals surface area contributed by atoms with E-state index in [4.69, 9.17) is 16.3 Å². The molecule has 0 bridgehead atoms. The summed E-state index contributed by atoms with van der Waals surface area (Å²) in [7, 11) is 0. The molecule has 0 aliphatic rings. The van der Waals surface area contributed by atoms with E-state index in [2.05, 4.69) is 26.2 Å². The predicted octanol–water partition coefficient (Wildman–Crippen LogP) is 3.83. The number of ether oxygens (including phenoxy) is 1. The third-order valence-corrected chi connectivity index (χ3v) is 3.45. The normalized spacial score (nSPS) is 10.2. The van der Waals surface area contributed by atoms with E-state index >= 15 is 0 Å². The van der Waals surface area contributed by atoms with Crippen molar-refractivity contribution < 1.29 is 9.53 Å². The van der Waals surface area contributed by atoms with E-state index in [-0.39, 0.29) is 11.1 Å². The monoisotopic (exact) mass is 368 g/mol. The molecule has 1 aromatic heterocycles. The van der Waals surface area contributed by atoms with Gasteiger partial charge in [0.05, 0.1) is 12.2 Å². The Morgan fingerprint density at radius 2 is 2.24 bits per heavy atom. The van der Waals surface area contributed by atoms with E-state index in [1.54, 1.807) is 12.3 Å². The maximum absolute atomic E-state index is 12.1. The number of hydrogen-bond donors (Lipinski definition) is 1. The molecular weight excluding hydrogens is 356 g/mol. The van der Waals surface area contributed by atoms with Gasteiger partial charge in [0.15, 0.2) is 0 Å². The molecule has 1 amide bonds. The van der Waals surface area contributed by atoms with Crippen molar-refractivity contribution in [3.05, 3.63) is 57.3 Å². The molecule has 0 saturated heterocycles. The van der Waals surface area contributed by atoms with Crippen molar-refractivity contribution >= 4 is 33.4 Å². The van der Waals surface area contributed by atoms with Gasteiger partial charge in [0.25, 0.3) is 5.91 Å². The van der Waals surface area contributed by atoms with Gasteiger partial charge in [-0.25, -0.2) is 4.98 Å². The van der Waals surface area contributed by atoms with Crippen molar-refractivity contribution in [3.63, 3.8) is 0 Å². The molecule has 0 atom stereocenters. The minimum atomic E-state index is -0.268. The van der Waals surface area contributed by atoms with Crippen LogP contribution in [0, 0.1) is 0 Å². The molecule has 6 heteroatoms. The number of amides is 1. The van der Waals surface area contributed by atoms with E-state index < -0.39 is 0 Å². The van der Waals surface area contributed by atoms with Crippen LogP contribution in [-0.4, -0.2) is 17.5 Å². The van der Waals surface area contributed by atoms with Gasteiger partial charge >= 0.3 is 0 Å². The number of pyridine rings is 1. The summed E-state index contributed by atoms with van der Waals surface area (Å²) in [5.74, 6) is 0.516. The lowest BCUT2D eigenvalue weighted by molar-refractivity contribution is 0.0950. The van der Waals surface area contributed by atoms with Crippen molar-refractivity contribution in [2.75, 3.05) is 6.61 Å². The standard InChI is InChI=1S/C15H14BrClN2O2/c1-2-21-12-5-3-4-10(6-12)8-19-15(20)13-7-11(16)9-18-14(13)17/h3-7,9H,2,8H2,1H3,(H,19,20). The zero-order valence-electron chi connectivity index (χ0n) is 11.4. The molecule has 4 nitrogen and oxygen atoms in total. The van der Waals surface area contributed by atoms with Gasteiger partial charge in [-0.05, 0) is 46.6 Å². The molecule has 1 N–H and O–H groups in total. The summed E-state index contributed by atoms with van der Waals surface area (Å²) in [6.45, 7) is 2.93. The quantitative estimate of drug-likeness (QED) is 0.815. The highest BCUT2D eigenvalue weighted by Gasteiger charge is 2.11. The molecule has 1 aromatic carbocycles. The highest BCUT2D eigenvalue weighted by atomic mass is 79.9. The smallest absolute Gasteiger partial charge is 0.254 e. The second kappa shape index (κ2) is 7.43. The van der Waals surface area contributed by atoms with Crippen LogP contribution in [0.5, 0.6) is 5.75 Å². The summed E-state index contributed by atoms with van der Waals surface area (Å²) < 4.78 is 6.13. The number of carbonyl (C=O) groups excluding carboxylic acids is 1. The van der Waals surface area contributed by atoms with Gasteiger partial charge in [-0.2, -0.15) is 0 Å². The number of rotatable bonds is 5. The Labute approximate surface area is 136 Å². The van der Waals surface area contributed by atoms with Crippen LogP contribution in [0.1, 0.15) is 22.8 Å². The maximum Gasteiger partial charge on any atom is 0.254 e. The number of hydrogen-bond acceptors (Lipinski definition) is 3. The third-order valence-electron chi connectivity index (χ3n) is 2.71. The summed E-state index contributed by atoms with van der Waals surface area (Å²) in [6.07, 6.45) is 1.55. The zero-order valence-corrected chi connectivity index (χ0v) is 13.7. The Hall–Kier alpha value is -1.59. The van der Waals surface area contributed by atoms with Gasteiger partial charge < -0.3 is 10.1 Å². The van der Waals surface area contributed by atoms with E-state index in [0.717, 1.165) is 11.3 Å². The van der Waals surface area contributed by atoms with Gasteiger partial charge in [-0.1, -0.05) is 23.7 Å². The number of nitrogens with one attached hydrogen (secondary N) is 1. The lowest BCUT2D eigenvalue weighted by Crippen LogP contribution is -2.23. The Morgan fingerprint density at radius 3 is 3.00 bits per heavy atom. The van der Waals surface area contributed by atoms with E-state index in [1.165, 1.54) is 0 Å². The average molecular weight is 370 g/mol. The molecule has 110 valence electrons. The predicted molar refractivity (Wildman–Crippen MR) is 85.7 cm³/mol. The Kier molecular flexibility index (Phi) is 5.59. The molecular formula is C15H14BrClN2O2. The first-order chi connectivity index (χ1) is 10.1. The summed E-state index contributed by atoms with van der Waals surface area (Å²) in [4.78, 5) is 16.0. The van der Waals surface area contributed by atoms with Gasteiger partial charge in [-0.15, -0.1) is 0 Å². The summed E-state index contributed by atoms with van der Waals surface area (Å²) in [5.41, 5.74) is 1.29. The van der Waals surface area contributed by atoms with E-state index in [1.807, 2.05) is 31.2 Å². The SMILES string of the molecule is CCOc1cccc(CNC(=O)c2cc(Br)cnc2Cl)c1. The van der Waals surface area contributed by atoms with Crippen molar-refractivity contribution in [2.24, 2.45) is 0 Å². The number of benzene rings is 1. The highest BCUT2D eigenvalue weighted by Crippen LogP contribution is 2.18. The molecule has 0 fully saturated rings. The summed E-state index contributed by atoms with van der Waals surface area (Å²) >= 11 is 9.20. The van der Waals surface area contributed by atoms with Crippen LogP contribution < -0.4 is 10.1 Å². The second-order valence-electron chi connectivity index (χ2n) is 4.26. The number of aromatic nitrogens is 1. The fourth-order valence-electron chi connectivity index (χ4n) is 1.77. The molecule has 0 saturated carbocycles. The Bertz CT molecular complexity index is 649. The highest BCUT2D eigenvalue weighted by molar-refractivity contribution is 9.10. The van der Waals surface area contributed by atoms with Crippen LogP contribution in [-0.2, 0) is 6.54 Å². The molecule has 0 aliphatic carbocycles. The zero-order chi connectivity index (χ0) is 15.2. The van der Waals surface area contributed by atoms with Crippen molar-refractivity contribution in [1.29, 1.82) is 0 Å². The molecule has 21 heavy (non-hydrogen) atoms. The Balaban J connectivity index is 2.04. The molecule has 2 aromatic rings. The van der Waals surface area contributed by atoms with Gasteiger partial charge in [0, 0.05) is 17.2 Å². The van der Waals surface area contributed by atoms with Crippen LogP contribution in [0.25, 0.3) is 0 Å². The molecule has 0 spiro atoms. The fraction of sp³-hybridized carbons (Fsp3) is 0.200. The largest absolute Gasteiger partial charge is 0.494 e. The third kappa shape index (κ3) is 4.44. The first-order valence-corrected chi connectivity index (χ1v) is 7.58. The molecule has 1 heterocycles. The van der Waals surface area contributed by atoms with E-state index in [9.17, 15) is 4.79 Å². The van der Waals surface area contributed by atoms with Gasteiger partial charge in [0.1, 0.15) is 10.9 Å². The number of carbonyl (C=O) groups is 1. The second-order valence-corrected chi connectivity index (χ2v) is 5.53. The number of halogens is 2. The lowest BCUT2D eigenvalue weighted by atomic mass is 10.2. The fourth-order valence-corrected chi connectivity index (χ4v) is 2.29. The minimum Gasteiger partial charge on any atom is -0.494 e. The molecule has 0 aliphatic heterocycles. The first kappa shape index (κ1) is 15.8. The number of nitrogens with zero attached hydrogens (tertiary/aromatic N) is 1. The van der Waals surface area contributed by atoms with Crippen molar-refractivity contribution in [3.8, 4) is 5.75 Å². The van der Waals surface area contributed by atoms with Crippen LogP contribution in [0.4, 0.5) is 0 Å². The van der Waals surface area contributed by atoms with Crippen LogP contribution in [0.15, 0.2) is 41.0 Å². The molecule has 0 unspecified atom stereocenters. The van der Waals surface area contributed by atoms with Gasteiger partial charge in [-0.3, -0.25) is 4.79 Å². The molecule has 2 rings (SSSR count). The van der Waals surface area contributed by atoms with Crippen LogP contribution in [0.3, 0.4) is 0 Å². The average Bonchev–Trinajstić information content (AvgIpc) is 2.48. The van der Waals surface area contributed by atoms with Crippen molar-refractivity contribution in [1.82, 2.24) is 10.3 Å². The Morgan fingerprint density at radius 1 is 1.43 bits per heavy atom.